The van der Waals surface area contributed by atoms with Crippen LogP contribution in [-0.4, -0.2) is 32.3 Å². The standard InChI is InChI=1S/C12H17N3O3/c1-4-12(2,11(17)18)14-10(16)6-5-9-7-13-15(3)8-9/h5-8H,4H2,1-3H3,(H,14,16)(H,17,18). The average molecular weight is 251 g/mol. The fourth-order valence-electron chi connectivity index (χ4n) is 1.30. The summed E-state index contributed by atoms with van der Waals surface area (Å²) in [5.74, 6) is -1.49. The Balaban J connectivity index is 2.67. The first kappa shape index (κ1) is 14.0. The predicted molar refractivity (Wildman–Crippen MR) is 66.7 cm³/mol. The summed E-state index contributed by atoms with van der Waals surface area (Å²) in [5, 5.41) is 15.4. The highest BCUT2D eigenvalue weighted by atomic mass is 16.4. The van der Waals surface area contributed by atoms with Gasteiger partial charge in [0.25, 0.3) is 0 Å². The van der Waals surface area contributed by atoms with Gasteiger partial charge in [-0.1, -0.05) is 6.92 Å². The smallest absolute Gasteiger partial charge is 0.329 e. The number of carboxylic acid groups (broad SMARTS) is 1. The number of nitrogens with zero attached hydrogens (tertiary/aromatic N) is 2. The molecule has 0 radical (unpaired) electrons. The van der Waals surface area contributed by atoms with Crippen LogP contribution in [0.15, 0.2) is 18.5 Å². The van der Waals surface area contributed by atoms with Crippen molar-refractivity contribution in [3.8, 4) is 0 Å². The lowest BCUT2D eigenvalue weighted by atomic mass is 9.99. The maximum Gasteiger partial charge on any atom is 0.329 e. The van der Waals surface area contributed by atoms with Crippen LogP contribution >= 0.6 is 0 Å². The zero-order valence-electron chi connectivity index (χ0n) is 10.7. The summed E-state index contributed by atoms with van der Waals surface area (Å²) in [4.78, 5) is 22.6. The molecule has 0 spiro atoms. The molecule has 0 fully saturated rings. The number of aliphatic carboxylic acids is 1. The molecule has 1 aromatic heterocycles. The van der Waals surface area contributed by atoms with Crippen molar-refractivity contribution in [2.75, 3.05) is 0 Å². The van der Waals surface area contributed by atoms with Gasteiger partial charge >= 0.3 is 5.97 Å². The molecule has 6 nitrogen and oxygen atoms in total. The number of rotatable bonds is 5. The number of carbonyl (C=O) groups excluding carboxylic acids is 1. The Labute approximate surface area is 105 Å². The summed E-state index contributed by atoms with van der Waals surface area (Å²) < 4.78 is 1.62. The fourth-order valence-corrected chi connectivity index (χ4v) is 1.30. The molecule has 1 atom stereocenters. The number of hydrogen-bond acceptors (Lipinski definition) is 3. The third-order valence-electron chi connectivity index (χ3n) is 2.73. The van der Waals surface area contributed by atoms with Crippen molar-refractivity contribution in [1.82, 2.24) is 15.1 Å². The molecule has 2 N–H and O–H groups in total. The van der Waals surface area contributed by atoms with E-state index in [1.807, 2.05) is 0 Å². The van der Waals surface area contributed by atoms with Crippen molar-refractivity contribution in [2.45, 2.75) is 25.8 Å². The zero-order chi connectivity index (χ0) is 13.8. The Hall–Kier alpha value is -2.11. The normalized spacial score (nSPS) is 14.4. The first-order valence-electron chi connectivity index (χ1n) is 5.59. The van der Waals surface area contributed by atoms with Gasteiger partial charge in [0.1, 0.15) is 5.54 Å². The fraction of sp³-hybridized carbons (Fsp3) is 0.417. The van der Waals surface area contributed by atoms with E-state index >= 15 is 0 Å². The Morgan fingerprint density at radius 2 is 2.28 bits per heavy atom. The lowest BCUT2D eigenvalue weighted by Gasteiger charge is -2.23. The molecule has 18 heavy (non-hydrogen) atoms. The summed E-state index contributed by atoms with van der Waals surface area (Å²) in [6, 6.07) is 0. The van der Waals surface area contributed by atoms with E-state index in [2.05, 4.69) is 10.4 Å². The van der Waals surface area contributed by atoms with Crippen LogP contribution in [0, 0.1) is 0 Å². The van der Waals surface area contributed by atoms with E-state index < -0.39 is 17.4 Å². The first-order chi connectivity index (χ1) is 8.37. The molecule has 0 aliphatic heterocycles. The monoisotopic (exact) mass is 251 g/mol. The Morgan fingerprint density at radius 3 is 2.72 bits per heavy atom. The molecule has 1 heterocycles. The average Bonchev–Trinajstić information content (AvgIpc) is 2.72. The summed E-state index contributed by atoms with van der Waals surface area (Å²) in [6.45, 7) is 3.18. The molecule has 1 aromatic rings. The molecule has 0 bridgehead atoms. The van der Waals surface area contributed by atoms with Gasteiger partial charge in [-0.2, -0.15) is 5.10 Å². The zero-order valence-corrected chi connectivity index (χ0v) is 10.7. The van der Waals surface area contributed by atoms with Crippen LogP contribution in [0.3, 0.4) is 0 Å². The molecular formula is C12H17N3O3. The van der Waals surface area contributed by atoms with E-state index in [1.165, 1.54) is 13.0 Å². The number of amides is 1. The second-order valence-electron chi connectivity index (χ2n) is 4.26. The number of aryl methyl sites for hydroxylation is 1. The quantitative estimate of drug-likeness (QED) is 0.758. The van der Waals surface area contributed by atoms with E-state index in [1.54, 1.807) is 37.1 Å². The van der Waals surface area contributed by atoms with E-state index in [0.29, 0.717) is 6.42 Å². The summed E-state index contributed by atoms with van der Waals surface area (Å²) in [6.07, 6.45) is 6.56. The van der Waals surface area contributed by atoms with Crippen molar-refractivity contribution >= 4 is 18.0 Å². The number of nitrogens with one attached hydrogen (secondary N) is 1. The van der Waals surface area contributed by atoms with Gasteiger partial charge in [-0.3, -0.25) is 9.48 Å². The second-order valence-corrected chi connectivity index (χ2v) is 4.26. The number of hydrogen-bond donors (Lipinski definition) is 2. The largest absolute Gasteiger partial charge is 0.480 e. The molecule has 1 rings (SSSR count). The van der Waals surface area contributed by atoms with Crippen molar-refractivity contribution in [3.05, 3.63) is 24.0 Å². The van der Waals surface area contributed by atoms with Crippen LogP contribution in [0.2, 0.25) is 0 Å². The third kappa shape index (κ3) is 3.44. The molecule has 0 saturated carbocycles. The summed E-state index contributed by atoms with van der Waals surface area (Å²) >= 11 is 0. The van der Waals surface area contributed by atoms with E-state index in [-0.39, 0.29) is 0 Å². The molecule has 1 unspecified atom stereocenters. The van der Waals surface area contributed by atoms with Crippen LogP contribution in [0.25, 0.3) is 6.08 Å². The molecular weight excluding hydrogens is 234 g/mol. The lowest BCUT2D eigenvalue weighted by molar-refractivity contribution is -0.146. The van der Waals surface area contributed by atoms with Gasteiger partial charge in [0.2, 0.25) is 5.91 Å². The third-order valence-corrected chi connectivity index (χ3v) is 2.73. The minimum absolute atomic E-state index is 0.314. The van der Waals surface area contributed by atoms with E-state index in [9.17, 15) is 9.59 Å². The van der Waals surface area contributed by atoms with Crippen LogP contribution in [-0.2, 0) is 16.6 Å². The Morgan fingerprint density at radius 1 is 1.61 bits per heavy atom. The highest BCUT2D eigenvalue weighted by Crippen LogP contribution is 2.09. The maximum absolute atomic E-state index is 11.6. The minimum atomic E-state index is -1.24. The highest BCUT2D eigenvalue weighted by molar-refractivity contribution is 5.95. The molecule has 98 valence electrons. The van der Waals surface area contributed by atoms with Crippen molar-refractivity contribution in [2.24, 2.45) is 7.05 Å². The van der Waals surface area contributed by atoms with E-state index in [0.717, 1.165) is 5.56 Å². The van der Waals surface area contributed by atoms with Crippen LogP contribution < -0.4 is 5.32 Å². The van der Waals surface area contributed by atoms with Crippen LogP contribution in [0.5, 0.6) is 0 Å². The summed E-state index contributed by atoms with van der Waals surface area (Å²) in [7, 11) is 1.77. The number of carbonyl (C=O) groups is 2. The van der Waals surface area contributed by atoms with Crippen LogP contribution in [0.1, 0.15) is 25.8 Å². The second kappa shape index (κ2) is 5.48. The van der Waals surface area contributed by atoms with E-state index in [4.69, 9.17) is 5.11 Å². The number of aromatic nitrogens is 2. The van der Waals surface area contributed by atoms with Gasteiger partial charge in [0, 0.05) is 24.9 Å². The predicted octanol–water partition coefficient (Wildman–Crippen LogP) is 0.803. The molecule has 1 amide bonds. The number of carboxylic acids is 1. The van der Waals surface area contributed by atoms with Gasteiger partial charge in [0.15, 0.2) is 0 Å². The van der Waals surface area contributed by atoms with Crippen molar-refractivity contribution < 1.29 is 14.7 Å². The van der Waals surface area contributed by atoms with Crippen LogP contribution in [0.4, 0.5) is 0 Å². The molecule has 0 aliphatic carbocycles. The molecule has 0 saturated heterocycles. The van der Waals surface area contributed by atoms with Crippen molar-refractivity contribution in [3.63, 3.8) is 0 Å². The minimum Gasteiger partial charge on any atom is -0.480 e. The SMILES string of the molecule is CCC(C)(NC(=O)C=Cc1cnn(C)c1)C(=O)O. The molecule has 0 aliphatic rings. The van der Waals surface area contributed by atoms with Gasteiger partial charge in [-0.15, -0.1) is 0 Å². The Bertz CT molecular complexity index is 479. The van der Waals surface area contributed by atoms with Gasteiger partial charge in [0.05, 0.1) is 6.20 Å². The maximum atomic E-state index is 11.6. The molecule has 6 heteroatoms. The van der Waals surface area contributed by atoms with Gasteiger partial charge in [-0.05, 0) is 19.4 Å². The first-order valence-corrected chi connectivity index (χ1v) is 5.59. The molecule has 0 aromatic carbocycles. The van der Waals surface area contributed by atoms with Crippen molar-refractivity contribution in [1.29, 1.82) is 0 Å². The van der Waals surface area contributed by atoms with Gasteiger partial charge in [-0.25, -0.2) is 4.79 Å². The van der Waals surface area contributed by atoms with Gasteiger partial charge < -0.3 is 10.4 Å². The lowest BCUT2D eigenvalue weighted by Crippen LogP contribution is -2.51. The summed E-state index contributed by atoms with van der Waals surface area (Å²) in [5.41, 5.74) is -0.461. The highest BCUT2D eigenvalue weighted by Gasteiger charge is 2.31. The Kier molecular flexibility index (Phi) is 4.25. The topological polar surface area (TPSA) is 84.2 Å².